The van der Waals surface area contributed by atoms with Crippen molar-refractivity contribution in [2.45, 2.75) is 33.4 Å². The SMILES string of the molecule is CCOC(=O)C1=C(C)N=c2s/c(=C\c3cc(OC)c(OCc4ccc(Br)cc4)cc3Br)c(=O)n2[C@@H]1c1ccc(OCC(=O)OC)c(OCC)c1. The van der Waals surface area contributed by atoms with Crippen molar-refractivity contribution in [2.24, 2.45) is 4.99 Å². The van der Waals surface area contributed by atoms with Crippen LogP contribution < -0.4 is 33.8 Å². The fourth-order valence-electron chi connectivity index (χ4n) is 5.20. The number of ether oxygens (including phenoxy) is 6. The Balaban J connectivity index is 1.58. The molecule has 0 spiro atoms. The first kappa shape index (κ1) is 36.9. The van der Waals surface area contributed by atoms with Gasteiger partial charge in [-0.15, -0.1) is 0 Å². The van der Waals surface area contributed by atoms with Crippen LogP contribution in [-0.2, 0) is 25.7 Å². The Morgan fingerprint density at radius 2 is 1.66 bits per heavy atom. The van der Waals surface area contributed by atoms with Crippen molar-refractivity contribution in [1.29, 1.82) is 0 Å². The molecule has 1 atom stereocenters. The smallest absolute Gasteiger partial charge is 0.343 e. The van der Waals surface area contributed by atoms with Crippen LogP contribution in [0.5, 0.6) is 23.0 Å². The first-order valence-corrected chi connectivity index (χ1v) is 17.9. The van der Waals surface area contributed by atoms with Gasteiger partial charge in [0.1, 0.15) is 6.61 Å². The number of aromatic nitrogens is 1. The second kappa shape index (κ2) is 16.5. The summed E-state index contributed by atoms with van der Waals surface area (Å²) >= 11 is 8.27. The lowest BCUT2D eigenvalue weighted by Crippen LogP contribution is -2.40. The number of methoxy groups -OCH3 is 2. The molecule has 1 aromatic heterocycles. The van der Waals surface area contributed by atoms with Crippen LogP contribution in [0.3, 0.4) is 0 Å². The lowest BCUT2D eigenvalue weighted by atomic mass is 9.95. The molecule has 262 valence electrons. The highest BCUT2D eigenvalue weighted by Gasteiger charge is 2.34. The van der Waals surface area contributed by atoms with Crippen LogP contribution in [0.2, 0.25) is 0 Å². The van der Waals surface area contributed by atoms with E-state index in [1.54, 1.807) is 57.4 Å². The fraction of sp³-hybridized carbons (Fsp3) is 0.278. The van der Waals surface area contributed by atoms with Crippen LogP contribution in [0.1, 0.15) is 43.5 Å². The molecule has 3 aromatic carbocycles. The van der Waals surface area contributed by atoms with Gasteiger partial charge in [-0.05, 0) is 79.9 Å². The maximum absolute atomic E-state index is 14.3. The Bertz CT molecular complexity index is 2120. The normalized spacial score (nSPS) is 14.1. The van der Waals surface area contributed by atoms with Crippen molar-refractivity contribution in [3.8, 4) is 23.0 Å². The number of fused-ring (bicyclic) bond motifs is 1. The van der Waals surface area contributed by atoms with E-state index in [-0.39, 0.29) is 24.3 Å². The second-order valence-electron chi connectivity index (χ2n) is 10.7. The Morgan fingerprint density at radius 1 is 0.920 bits per heavy atom. The number of esters is 2. The topological polar surface area (TPSA) is 124 Å². The highest BCUT2D eigenvalue weighted by atomic mass is 79.9. The van der Waals surface area contributed by atoms with Crippen LogP contribution in [0.4, 0.5) is 0 Å². The van der Waals surface area contributed by atoms with E-state index < -0.39 is 18.0 Å². The molecule has 11 nitrogen and oxygen atoms in total. The molecule has 0 aliphatic carbocycles. The Kier molecular flexibility index (Phi) is 12.2. The van der Waals surface area contributed by atoms with Crippen LogP contribution >= 0.6 is 43.2 Å². The molecular formula is C36H34Br2N2O9S. The molecule has 0 saturated heterocycles. The van der Waals surface area contributed by atoms with Gasteiger partial charge in [0, 0.05) is 8.95 Å². The molecule has 5 rings (SSSR count). The number of rotatable bonds is 13. The number of allylic oxidation sites excluding steroid dienone is 1. The van der Waals surface area contributed by atoms with Gasteiger partial charge in [0.15, 0.2) is 34.4 Å². The minimum absolute atomic E-state index is 0.135. The second-order valence-corrected chi connectivity index (χ2v) is 13.5. The number of benzene rings is 3. The van der Waals surface area contributed by atoms with Gasteiger partial charge in [-0.2, -0.15) is 0 Å². The number of thiazole rings is 1. The van der Waals surface area contributed by atoms with E-state index in [0.29, 0.717) is 66.8 Å². The van der Waals surface area contributed by atoms with Gasteiger partial charge in [0.25, 0.3) is 5.56 Å². The highest BCUT2D eigenvalue weighted by molar-refractivity contribution is 9.10. The lowest BCUT2D eigenvalue weighted by Gasteiger charge is -2.25. The van der Waals surface area contributed by atoms with Gasteiger partial charge < -0.3 is 28.4 Å². The monoisotopic (exact) mass is 828 g/mol. The summed E-state index contributed by atoms with van der Waals surface area (Å²) in [6, 6.07) is 15.5. The Morgan fingerprint density at radius 3 is 2.34 bits per heavy atom. The van der Waals surface area contributed by atoms with Crippen LogP contribution in [0.25, 0.3) is 6.08 Å². The zero-order valence-corrected chi connectivity index (χ0v) is 31.9. The van der Waals surface area contributed by atoms with Gasteiger partial charge in [-0.3, -0.25) is 9.36 Å². The maximum Gasteiger partial charge on any atom is 0.343 e. The number of nitrogens with zero attached hydrogens (tertiary/aromatic N) is 2. The molecule has 1 aliphatic heterocycles. The molecular weight excluding hydrogens is 796 g/mol. The van der Waals surface area contributed by atoms with Gasteiger partial charge in [0.05, 0.1) is 49.3 Å². The van der Waals surface area contributed by atoms with Crippen molar-refractivity contribution >= 4 is 61.2 Å². The van der Waals surface area contributed by atoms with Crippen LogP contribution in [0.15, 0.2) is 84.6 Å². The summed E-state index contributed by atoms with van der Waals surface area (Å²) in [5.41, 5.74) is 2.48. The van der Waals surface area contributed by atoms with Crippen molar-refractivity contribution < 1.29 is 38.0 Å². The summed E-state index contributed by atoms with van der Waals surface area (Å²) < 4.78 is 36.8. The molecule has 0 unspecified atom stereocenters. The van der Waals surface area contributed by atoms with E-state index in [0.717, 1.165) is 10.0 Å². The highest BCUT2D eigenvalue weighted by Crippen LogP contribution is 2.37. The van der Waals surface area contributed by atoms with Gasteiger partial charge in [0.2, 0.25) is 0 Å². The average Bonchev–Trinajstić information content (AvgIpc) is 3.41. The summed E-state index contributed by atoms with van der Waals surface area (Å²) in [5, 5.41) is 0. The standard InChI is InChI=1S/C36H34Br2N2O9S/c1-6-46-28-14-22(10-13-26(28)49-19-31(41)45-5)33-32(35(43)47-7-2)20(3)39-36-40(33)34(42)30(50-36)16-23-15-27(44-4)29(17-25(23)38)48-18-21-8-11-24(37)12-9-21/h8-17,33H,6-7,18-19H2,1-5H3/b30-16-/t33-/m1/s1. The molecule has 0 N–H and O–H groups in total. The average molecular weight is 831 g/mol. The Hall–Kier alpha value is -4.40. The van der Waals surface area contributed by atoms with Crippen LogP contribution in [0, 0.1) is 0 Å². The number of hydrogen-bond acceptors (Lipinski definition) is 11. The Labute approximate surface area is 309 Å². The molecule has 0 radical (unpaired) electrons. The predicted molar refractivity (Wildman–Crippen MR) is 195 cm³/mol. The maximum atomic E-state index is 14.3. The van der Waals surface area contributed by atoms with Gasteiger partial charge >= 0.3 is 11.9 Å². The summed E-state index contributed by atoms with van der Waals surface area (Å²) in [4.78, 5) is 44.5. The third kappa shape index (κ3) is 8.14. The van der Waals surface area contributed by atoms with E-state index >= 15 is 0 Å². The van der Waals surface area contributed by atoms with Gasteiger partial charge in [-0.25, -0.2) is 14.6 Å². The summed E-state index contributed by atoms with van der Waals surface area (Å²) in [7, 11) is 2.82. The first-order valence-electron chi connectivity index (χ1n) is 15.5. The van der Waals surface area contributed by atoms with Gasteiger partial charge in [-0.1, -0.05) is 61.4 Å². The van der Waals surface area contributed by atoms with Crippen molar-refractivity contribution in [1.82, 2.24) is 4.57 Å². The molecule has 50 heavy (non-hydrogen) atoms. The third-order valence-electron chi connectivity index (χ3n) is 7.55. The summed E-state index contributed by atoms with van der Waals surface area (Å²) in [5.74, 6) is 0.490. The molecule has 0 amide bonds. The molecule has 2 heterocycles. The van der Waals surface area contributed by atoms with E-state index in [9.17, 15) is 14.4 Å². The minimum Gasteiger partial charge on any atom is -0.493 e. The summed E-state index contributed by atoms with van der Waals surface area (Å²) in [6.07, 6.45) is 1.74. The number of hydrogen-bond donors (Lipinski definition) is 0. The zero-order chi connectivity index (χ0) is 35.9. The zero-order valence-electron chi connectivity index (χ0n) is 27.9. The van der Waals surface area contributed by atoms with Crippen LogP contribution in [-0.4, -0.2) is 50.5 Å². The van der Waals surface area contributed by atoms with E-state index in [2.05, 4.69) is 41.6 Å². The quantitative estimate of drug-likeness (QED) is 0.153. The summed E-state index contributed by atoms with van der Waals surface area (Å²) in [6.45, 7) is 5.67. The molecule has 0 saturated carbocycles. The van der Waals surface area contributed by atoms with Crippen molar-refractivity contribution in [2.75, 3.05) is 34.0 Å². The molecule has 1 aliphatic rings. The third-order valence-corrected chi connectivity index (χ3v) is 9.75. The minimum atomic E-state index is -0.895. The molecule has 0 fully saturated rings. The predicted octanol–water partition coefficient (Wildman–Crippen LogP) is 5.86. The largest absolute Gasteiger partial charge is 0.493 e. The number of halogens is 2. The lowest BCUT2D eigenvalue weighted by molar-refractivity contribution is -0.143. The molecule has 0 bridgehead atoms. The van der Waals surface area contributed by atoms with Crippen molar-refractivity contribution in [3.05, 3.63) is 111 Å². The fourth-order valence-corrected chi connectivity index (χ4v) is 6.94. The molecule has 4 aromatic rings. The number of carbonyl (C=O) groups is 2. The van der Waals surface area contributed by atoms with E-state index in [4.69, 9.17) is 23.7 Å². The van der Waals surface area contributed by atoms with E-state index in [1.807, 2.05) is 31.2 Å². The molecule has 14 heteroatoms. The van der Waals surface area contributed by atoms with Crippen molar-refractivity contribution in [3.63, 3.8) is 0 Å². The first-order chi connectivity index (χ1) is 24.1. The van der Waals surface area contributed by atoms with E-state index in [1.165, 1.54) is 23.0 Å². The number of carbonyl (C=O) groups excluding carboxylic acids is 2.